The number of carbonyl (C=O) groups is 1. The van der Waals surface area contributed by atoms with Gasteiger partial charge < -0.3 is 5.32 Å². The molecule has 0 saturated carbocycles. The molecule has 5 nitrogen and oxygen atoms in total. The lowest BCUT2D eigenvalue weighted by Crippen LogP contribution is -2.20. The fourth-order valence-corrected chi connectivity index (χ4v) is 1.92. The number of carbonyl (C=O) groups excluding carboxylic acids is 1. The first kappa shape index (κ1) is 17.7. The summed E-state index contributed by atoms with van der Waals surface area (Å²) in [5, 5.41) is 10.3. The summed E-state index contributed by atoms with van der Waals surface area (Å²) in [6.07, 6.45) is 2.03. The predicted octanol–water partition coefficient (Wildman–Crippen LogP) is 3.04. The molecule has 0 aliphatic heterocycles. The molecule has 0 spiro atoms. The molecule has 0 unspecified atom stereocenters. The lowest BCUT2D eigenvalue weighted by molar-refractivity contribution is -0.114. The first-order valence-corrected chi connectivity index (χ1v) is 7.23. The summed E-state index contributed by atoms with van der Waals surface area (Å²) in [5.74, 6) is -1.70. The molecule has 0 radical (unpaired) electrons. The van der Waals surface area contributed by atoms with Crippen LogP contribution in [0.3, 0.4) is 0 Å². The third kappa shape index (κ3) is 4.42. The number of hydrogen-bond acceptors (Lipinski definition) is 5. The summed E-state index contributed by atoms with van der Waals surface area (Å²) in [6.45, 7) is 1.36. The zero-order valence-corrected chi connectivity index (χ0v) is 13.4. The van der Waals surface area contributed by atoms with Crippen molar-refractivity contribution in [3.05, 3.63) is 70.4 Å². The molecule has 0 aliphatic rings. The first-order chi connectivity index (χ1) is 11.4. The van der Waals surface area contributed by atoms with Gasteiger partial charge in [-0.25, -0.2) is 18.7 Å². The van der Waals surface area contributed by atoms with Crippen LogP contribution in [0, 0.1) is 17.0 Å². The number of hydrogen-bond donors (Lipinski definition) is 2. The standard InChI is InChI=1S/C16H13ClF2N4O/c1-9(24)14(21-7-10-4-2-3-5-11(10)18)6-13(20)16-22-8-12(19)15(17)23-16/h2-6,8,20-21H,7H2,1H3/b14-6-,20-13?. The lowest BCUT2D eigenvalue weighted by Gasteiger charge is -2.09. The van der Waals surface area contributed by atoms with Gasteiger partial charge >= 0.3 is 0 Å². The van der Waals surface area contributed by atoms with Crippen LogP contribution in [0.25, 0.3) is 0 Å². The molecule has 1 heterocycles. The topological polar surface area (TPSA) is 78.7 Å². The zero-order valence-electron chi connectivity index (χ0n) is 12.6. The minimum absolute atomic E-state index is 0.0659. The number of nitrogens with zero attached hydrogens (tertiary/aromatic N) is 2. The van der Waals surface area contributed by atoms with E-state index in [-0.39, 0.29) is 29.6 Å². The second-order valence-corrected chi connectivity index (χ2v) is 5.16. The third-order valence-electron chi connectivity index (χ3n) is 3.04. The van der Waals surface area contributed by atoms with Gasteiger partial charge in [0, 0.05) is 19.0 Å². The maximum Gasteiger partial charge on any atom is 0.179 e. The van der Waals surface area contributed by atoms with Crippen LogP contribution >= 0.6 is 11.6 Å². The minimum Gasteiger partial charge on any atom is -0.378 e. The Hall–Kier alpha value is -2.67. The number of aromatic nitrogens is 2. The van der Waals surface area contributed by atoms with E-state index in [2.05, 4.69) is 15.3 Å². The first-order valence-electron chi connectivity index (χ1n) is 6.85. The van der Waals surface area contributed by atoms with Crippen molar-refractivity contribution in [2.75, 3.05) is 0 Å². The van der Waals surface area contributed by atoms with Gasteiger partial charge in [0.25, 0.3) is 0 Å². The maximum absolute atomic E-state index is 13.6. The van der Waals surface area contributed by atoms with Gasteiger partial charge in [0.2, 0.25) is 0 Å². The van der Waals surface area contributed by atoms with Crippen LogP contribution in [0.4, 0.5) is 8.78 Å². The van der Waals surface area contributed by atoms with E-state index < -0.39 is 16.8 Å². The van der Waals surface area contributed by atoms with Crippen LogP contribution in [-0.2, 0) is 11.3 Å². The Morgan fingerprint density at radius 3 is 2.67 bits per heavy atom. The van der Waals surface area contributed by atoms with E-state index in [0.29, 0.717) is 5.56 Å². The van der Waals surface area contributed by atoms with Gasteiger partial charge in [0.1, 0.15) is 11.5 Å². The predicted molar refractivity (Wildman–Crippen MR) is 85.8 cm³/mol. The van der Waals surface area contributed by atoms with E-state index in [1.807, 2.05) is 0 Å². The minimum atomic E-state index is -0.804. The van der Waals surface area contributed by atoms with E-state index in [1.54, 1.807) is 18.2 Å². The molecule has 0 saturated heterocycles. The molecule has 1 aromatic carbocycles. The number of benzene rings is 1. The largest absolute Gasteiger partial charge is 0.378 e. The third-order valence-corrected chi connectivity index (χ3v) is 3.30. The van der Waals surface area contributed by atoms with Gasteiger partial charge in [-0.1, -0.05) is 29.8 Å². The fourth-order valence-electron chi connectivity index (χ4n) is 1.79. The Bertz CT molecular complexity index is 823. The average Bonchev–Trinajstić information content (AvgIpc) is 2.54. The number of halogens is 3. The van der Waals surface area contributed by atoms with Crippen molar-refractivity contribution in [2.24, 2.45) is 0 Å². The average molecular weight is 351 g/mol. The second-order valence-electron chi connectivity index (χ2n) is 4.81. The Morgan fingerprint density at radius 1 is 1.33 bits per heavy atom. The molecule has 124 valence electrons. The van der Waals surface area contributed by atoms with Gasteiger partial charge in [0.05, 0.1) is 11.9 Å². The Kier molecular flexibility index (Phi) is 5.70. The summed E-state index contributed by atoms with van der Waals surface area (Å²) in [7, 11) is 0. The Morgan fingerprint density at radius 2 is 2.04 bits per heavy atom. The smallest absolute Gasteiger partial charge is 0.179 e. The molecule has 2 N–H and O–H groups in total. The highest BCUT2D eigenvalue weighted by molar-refractivity contribution is 6.29. The fraction of sp³-hybridized carbons (Fsp3) is 0.125. The molecule has 0 bridgehead atoms. The van der Waals surface area contributed by atoms with Crippen LogP contribution in [0.1, 0.15) is 18.3 Å². The van der Waals surface area contributed by atoms with Gasteiger partial charge in [-0.2, -0.15) is 0 Å². The monoisotopic (exact) mass is 350 g/mol. The van der Waals surface area contributed by atoms with Crippen LogP contribution in [-0.4, -0.2) is 21.5 Å². The van der Waals surface area contributed by atoms with E-state index in [1.165, 1.54) is 19.1 Å². The molecule has 0 fully saturated rings. The van der Waals surface area contributed by atoms with Crippen LogP contribution < -0.4 is 5.32 Å². The van der Waals surface area contributed by atoms with Gasteiger partial charge in [-0.05, 0) is 12.1 Å². The van der Waals surface area contributed by atoms with Crippen molar-refractivity contribution in [3.8, 4) is 0 Å². The van der Waals surface area contributed by atoms with E-state index >= 15 is 0 Å². The van der Waals surface area contributed by atoms with Crippen molar-refractivity contribution in [1.82, 2.24) is 15.3 Å². The van der Waals surface area contributed by atoms with Gasteiger partial charge in [0.15, 0.2) is 22.6 Å². The van der Waals surface area contributed by atoms with Crippen molar-refractivity contribution in [3.63, 3.8) is 0 Å². The molecule has 0 atom stereocenters. The Balaban J connectivity index is 2.18. The van der Waals surface area contributed by atoms with Crippen LogP contribution in [0.5, 0.6) is 0 Å². The molecule has 2 aromatic rings. The summed E-state index contributed by atoms with van der Waals surface area (Å²) in [4.78, 5) is 19.0. The molecule has 1 aromatic heterocycles. The molecule has 8 heteroatoms. The van der Waals surface area contributed by atoms with E-state index in [4.69, 9.17) is 17.0 Å². The normalized spacial score (nSPS) is 11.2. The number of ketones is 1. The van der Waals surface area contributed by atoms with E-state index in [9.17, 15) is 13.6 Å². The molecule has 0 aliphatic carbocycles. The van der Waals surface area contributed by atoms with Crippen molar-refractivity contribution >= 4 is 23.1 Å². The summed E-state index contributed by atoms with van der Waals surface area (Å²) in [6, 6.07) is 6.12. The molecular formula is C16H13ClF2N4O. The van der Waals surface area contributed by atoms with Crippen LogP contribution in [0.2, 0.25) is 5.15 Å². The molecular weight excluding hydrogens is 338 g/mol. The van der Waals surface area contributed by atoms with E-state index in [0.717, 1.165) is 6.20 Å². The summed E-state index contributed by atoms with van der Waals surface area (Å²) >= 11 is 5.55. The van der Waals surface area contributed by atoms with Crippen molar-refractivity contribution in [1.29, 1.82) is 5.41 Å². The van der Waals surface area contributed by atoms with Gasteiger partial charge in [-0.3, -0.25) is 10.2 Å². The lowest BCUT2D eigenvalue weighted by atomic mass is 10.2. The number of Topliss-reactive ketones (excluding diaryl/α,β-unsaturated/α-hetero) is 1. The molecule has 0 amide bonds. The maximum atomic E-state index is 13.6. The summed E-state index contributed by atoms with van der Waals surface area (Å²) < 4.78 is 26.6. The highest BCUT2D eigenvalue weighted by Crippen LogP contribution is 2.11. The second kappa shape index (κ2) is 7.74. The molecule has 2 rings (SSSR count). The van der Waals surface area contributed by atoms with Crippen LogP contribution in [0.15, 0.2) is 42.2 Å². The summed E-state index contributed by atoms with van der Waals surface area (Å²) in [5.41, 5.74) is 0.215. The van der Waals surface area contributed by atoms with Crippen molar-refractivity contribution < 1.29 is 13.6 Å². The number of allylic oxidation sites excluding steroid dienone is 2. The van der Waals surface area contributed by atoms with Crippen molar-refractivity contribution in [2.45, 2.75) is 13.5 Å². The SMILES string of the molecule is CC(=O)/C(=C/C(=N)c1ncc(F)c(Cl)n1)NCc1ccccc1F. The highest BCUT2D eigenvalue weighted by Gasteiger charge is 2.11. The highest BCUT2D eigenvalue weighted by atomic mass is 35.5. The molecule has 24 heavy (non-hydrogen) atoms. The number of nitrogens with one attached hydrogen (secondary N) is 2. The Labute approximate surface area is 141 Å². The zero-order chi connectivity index (χ0) is 17.7. The quantitative estimate of drug-likeness (QED) is 0.477. The number of rotatable bonds is 6. The van der Waals surface area contributed by atoms with Gasteiger partial charge in [-0.15, -0.1) is 0 Å².